The first-order valence-electron chi connectivity index (χ1n) is 5.50. The third kappa shape index (κ3) is 2.49. The smallest absolute Gasteiger partial charge is 0.122 e. The molecule has 0 saturated heterocycles. The number of rotatable bonds is 4. The molecule has 82 valence electrons. The molecule has 0 spiro atoms. The van der Waals surface area contributed by atoms with Crippen molar-refractivity contribution in [3.8, 4) is 5.75 Å². The van der Waals surface area contributed by atoms with Crippen molar-refractivity contribution >= 4 is 0 Å². The van der Waals surface area contributed by atoms with Crippen LogP contribution in [0.25, 0.3) is 0 Å². The van der Waals surface area contributed by atoms with E-state index in [-0.39, 0.29) is 0 Å². The second-order valence-electron chi connectivity index (χ2n) is 4.15. The largest absolute Gasteiger partial charge is 0.493 e. The van der Waals surface area contributed by atoms with Crippen molar-refractivity contribution in [1.29, 1.82) is 0 Å². The molecule has 0 saturated carbocycles. The standard InChI is InChI=1S/C12H18N2O/c1-9(14-13)2-3-10-4-5-12-11(8-10)6-7-15-12/h4-5,8-9,14H,2-3,6-7,13H2,1H3. The van der Waals surface area contributed by atoms with Crippen LogP contribution in [0.3, 0.4) is 0 Å². The quantitative estimate of drug-likeness (QED) is 0.578. The molecular weight excluding hydrogens is 188 g/mol. The minimum atomic E-state index is 0.370. The number of nitrogens with one attached hydrogen (secondary N) is 1. The Morgan fingerprint density at radius 3 is 3.20 bits per heavy atom. The van der Waals surface area contributed by atoms with Gasteiger partial charge in [0.2, 0.25) is 0 Å². The van der Waals surface area contributed by atoms with Gasteiger partial charge in [0.05, 0.1) is 6.61 Å². The van der Waals surface area contributed by atoms with E-state index in [0.717, 1.165) is 31.6 Å². The molecule has 0 radical (unpaired) electrons. The zero-order chi connectivity index (χ0) is 10.7. The van der Waals surface area contributed by atoms with Gasteiger partial charge in [-0.05, 0) is 37.0 Å². The van der Waals surface area contributed by atoms with Crippen LogP contribution in [-0.2, 0) is 12.8 Å². The van der Waals surface area contributed by atoms with Crippen LogP contribution in [0.2, 0.25) is 0 Å². The maximum atomic E-state index is 5.47. The summed E-state index contributed by atoms with van der Waals surface area (Å²) >= 11 is 0. The molecule has 3 N–H and O–H groups in total. The fraction of sp³-hybridized carbons (Fsp3) is 0.500. The first kappa shape index (κ1) is 10.5. The lowest BCUT2D eigenvalue weighted by atomic mass is 10.0. The van der Waals surface area contributed by atoms with Crippen LogP contribution in [0.4, 0.5) is 0 Å². The number of fused-ring (bicyclic) bond motifs is 1. The van der Waals surface area contributed by atoms with Crippen LogP contribution in [0.1, 0.15) is 24.5 Å². The van der Waals surface area contributed by atoms with E-state index >= 15 is 0 Å². The van der Waals surface area contributed by atoms with Gasteiger partial charge in [-0.3, -0.25) is 11.3 Å². The molecule has 1 atom stereocenters. The Labute approximate surface area is 90.6 Å². The maximum Gasteiger partial charge on any atom is 0.122 e. The highest BCUT2D eigenvalue weighted by Gasteiger charge is 2.11. The number of hydrogen-bond acceptors (Lipinski definition) is 3. The summed E-state index contributed by atoms with van der Waals surface area (Å²) in [5.41, 5.74) is 5.49. The van der Waals surface area contributed by atoms with Crippen molar-refractivity contribution in [1.82, 2.24) is 5.43 Å². The van der Waals surface area contributed by atoms with Crippen LogP contribution in [0.5, 0.6) is 5.75 Å². The third-order valence-corrected chi connectivity index (χ3v) is 2.90. The van der Waals surface area contributed by atoms with Crippen LogP contribution < -0.4 is 16.0 Å². The molecule has 1 aliphatic heterocycles. The van der Waals surface area contributed by atoms with Gasteiger partial charge in [-0.25, -0.2) is 0 Å². The Hall–Kier alpha value is -1.06. The number of benzene rings is 1. The van der Waals surface area contributed by atoms with E-state index in [0.29, 0.717) is 6.04 Å². The molecule has 0 bridgehead atoms. The van der Waals surface area contributed by atoms with Crippen molar-refractivity contribution in [3.63, 3.8) is 0 Å². The van der Waals surface area contributed by atoms with Gasteiger partial charge in [-0.15, -0.1) is 0 Å². The van der Waals surface area contributed by atoms with Crippen LogP contribution in [0.15, 0.2) is 18.2 Å². The molecule has 1 aliphatic rings. The number of ether oxygens (including phenoxy) is 1. The van der Waals surface area contributed by atoms with Crippen LogP contribution in [0, 0.1) is 0 Å². The summed E-state index contributed by atoms with van der Waals surface area (Å²) in [6.07, 6.45) is 3.18. The number of hydrazine groups is 1. The van der Waals surface area contributed by atoms with Crippen LogP contribution in [-0.4, -0.2) is 12.6 Å². The number of aryl methyl sites for hydroxylation is 1. The molecule has 0 aliphatic carbocycles. The zero-order valence-electron chi connectivity index (χ0n) is 9.12. The monoisotopic (exact) mass is 206 g/mol. The molecule has 15 heavy (non-hydrogen) atoms. The molecule has 0 amide bonds. The molecule has 0 aromatic heterocycles. The van der Waals surface area contributed by atoms with E-state index in [4.69, 9.17) is 10.6 Å². The Kier molecular flexibility index (Phi) is 3.23. The average Bonchev–Trinajstić information content (AvgIpc) is 2.72. The Bertz CT molecular complexity index is 338. The normalized spacial score (nSPS) is 15.9. The minimum Gasteiger partial charge on any atom is -0.493 e. The summed E-state index contributed by atoms with van der Waals surface area (Å²) in [7, 11) is 0. The zero-order valence-corrected chi connectivity index (χ0v) is 9.12. The first-order valence-corrected chi connectivity index (χ1v) is 5.50. The minimum absolute atomic E-state index is 0.370. The molecule has 1 heterocycles. The van der Waals surface area contributed by atoms with Gasteiger partial charge in [-0.1, -0.05) is 12.1 Å². The number of hydrogen-bond donors (Lipinski definition) is 2. The second kappa shape index (κ2) is 4.64. The molecule has 1 aromatic carbocycles. The fourth-order valence-corrected chi connectivity index (χ4v) is 1.86. The fourth-order valence-electron chi connectivity index (χ4n) is 1.86. The average molecular weight is 206 g/mol. The highest BCUT2D eigenvalue weighted by Crippen LogP contribution is 2.26. The van der Waals surface area contributed by atoms with Crippen molar-refractivity contribution in [2.75, 3.05) is 6.61 Å². The highest BCUT2D eigenvalue weighted by molar-refractivity contribution is 5.39. The summed E-state index contributed by atoms with van der Waals surface area (Å²) in [6, 6.07) is 6.85. The molecule has 1 aromatic rings. The Balaban J connectivity index is 1.98. The predicted molar refractivity (Wildman–Crippen MR) is 60.7 cm³/mol. The maximum absolute atomic E-state index is 5.47. The molecule has 0 fully saturated rings. The van der Waals surface area contributed by atoms with Gasteiger partial charge in [0.25, 0.3) is 0 Å². The van der Waals surface area contributed by atoms with E-state index in [1.54, 1.807) is 0 Å². The number of nitrogens with two attached hydrogens (primary N) is 1. The van der Waals surface area contributed by atoms with E-state index in [1.165, 1.54) is 11.1 Å². The lowest BCUT2D eigenvalue weighted by Crippen LogP contribution is -2.32. The third-order valence-electron chi connectivity index (χ3n) is 2.90. The van der Waals surface area contributed by atoms with Crippen molar-refractivity contribution < 1.29 is 4.74 Å². The SMILES string of the molecule is CC(CCc1ccc2c(c1)CCO2)NN. The van der Waals surface area contributed by atoms with E-state index in [9.17, 15) is 0 Å². The molecular formula is C12H18N2O. The topological polar surface area (TPSA) is 47.3 Å². The van der Waals surface area contributed by atoms with Gasteiger partial charge in [0.1, 0.15) is 5.75 Å². The summed E-state index contributed by atoms with van der Waals surface area (Å²) < 4.78 is 5.47. The first-order chi connectivity index (χ1) is 7.29. The van der Waals surface area contributed by atoms with Crippen molar-refractivity contribution in [2.45, 2.75) is 32.2 Å². The Morgan fingerprint density at radius 2 is 2.40 bits per heavy atom. The van der Waals surface area contributed by atoms with Crippen LogP contribution >= 0.6 is 0 Å². The second-order valence-corrected chi connectivity index (χ2v) is 4.15. The van der Waals surface area contributed by atoms with Gasteiger partial charge < -0.3 is 4.74 Å². The molecule has 3 nitrogen and oxygen atoms in total. The van der Waals surface area contributed by atoms with E-state index < -0.39 is 0 Å². The summed E-state index contributed by atoms with van der Waals surface area (Å²) in [5, 5.41) is 0. The summed E-state index contributed by atoms with van der Waals surface area (Å²) in [5.74, 6) is 6.42. The molecule has 3 heteroatoms. The van der Waals surface area contributed by atoms with Gasteiger partial charge in [0, 0.05) is 12.5 Å². The lowest BCUT2D eigenvalue weighted by molar-refractivity contribution is 0.357. The van der Waals surface area contributed by atoms with Gasteiger partial charge >= 0.3 is 0 Å². The van der Waals surface area contributed by atoms with E-state index in [2.05, 4.69) is 30.5 Å². The van der Waals surface area contributed by atoms with Crippen molar-refractivity contribution in [2.24, 2.45) is 5.84 Å². The molecule has 1 unspecified atom stereocenters. The molecule has 2 rings (SSSR count). The van der Waals surface area contributed by atoms with E-state index in [1.807, 2.05) is 0 Å². The van der Waals surface area contributed by atoms with Gasteiger partial charge in [0.15, 0.2) is 0 Å². The lowest BCUT2D eigenvalue weighted by Gasteiger charge is -2.09. The predicted octanol–water partition coefficient (Wildman–Crippen LogP) is 1.41. The van der Waals surface area contributed by atoms with Gasteiger partial charge in [-0.2, -0.15) is 0 Å². The highest BCUT2D eigenvalue weighted by atomic mass is 16.5. The summed E-state index contributed by atoms with van der Waals surface area (Å²) in [6.45, 7) is 2.93. The Morgan fingerprint density at radius 1 is 1.53 bits per heavy atom. The summed E-state index contributed by atoms with van der Waals surface area (Å²) in [4.78, 5) is 0. The van der Waals surface area contributed by atoms with Crippen molar-refractivity contribution in [3.05, 3.63) is 29.3 Å².